The van der Waals surface area contributed by atoms with Gasteiger partial charge in [0.2, 0.25) is 0 Å². The van der Waals surface area contributed by atoms with Gasteiger partial charge in [-0.3, -0.25) is 4.79 Å². The number of amides is 1. The summed E-state index contributed by atoms with van der Waals surface area (Å²) in [6, 6.07) is 11.2. The first kappa shape index (κ1) is 15.4. The maximum Gasteiger partial charge on any atom is 0.258 e. The molecule has 0 aliphatic rings. The number of nitrogens with zero attached hydrogens (tertiary/aromatic N) is 2. The van der Waals surface area contributed by atoms with Crippen molar-refractivity contribution in [2.45, 2.75) is 13.5 Å². The second-order valence-corrected chi connectivity index (χ2v) is 5.61. The number of fused-ring (bicyclic) bond motifs is 1. The molecule has 3 rings (SSSR count). The summed E-state index contributed by atoms with van der Waals surface area (Å²) in [6.45, 7) is 2.26. The Morgan fingerprint density at radius 1 is 1.26 bits per heavy atom. The molecule has 0 atom stereocenters. The van der Waals surface area contributed by atoms with E-state index in [0.29, 0.717) is 17.3 Å². The molecule has 1 amide bonds. The van der Waals surface area contributed by atoms with Gasteiger partial charge >= 0.3 is 0 Å². The average Bonchev–Trinajstić information content (AvgIpc) is 2.94. The third kappa shape index (κ3) is 3.81. The van der Waals surface area contributed by atoms with Gasteiger partial charge in [0.25, 0.3) is 5.91 Å². The zero-order chi connectivity index (χ0) is 16.2. The molecule has 0 saturated heterocycles. The van der Waals surface area contributed by atoms with Gasteiger partial charge in [-0.2, -0.15) is 0 Å². The quantitative estimate of drug-likeness (QED) is 0.783. The van der Waals surface area contributed by atoms with Crippen LogP contribution in [0.3, 0.4) is 0 Å². The number of carbonyl (C=O) groups is 1. The standard InChI is InChI=1S/C17H16ClN3O2/c1-12-4-2-3-5-15(12)23-11-17(22)19-8-14-10-21-9-13(18)6-7-16(21)20-14/h2-7,9-10H,8,11H2,1H3,(H,19,22). The van der Waals surface area contributed by atoms with Crippen molar-refractivity contribution in [2.24, 2.45) is 0 Å². The predicted octanol–water partition coefficient (Wildman–Crippen LogP) is 2.99. The minimum absolute atomic E-state index is 0.0238. The number of aryl methyl sites for hydroxylation is 1. The molecule has 1 aromatic carbocycles. The van der Waals surface area contributed by atoms with Gasteiger partial charge in [-0.25, -0.2) is 4.98 Å². The topological polar surface area (TPSA) is 55.6 Å². The second-order valence-electron chi connectivity index (χ2n) is 5.18. The molecule has 3 aromatic rings. The van der Waals surface area contributed by atoms with E-state index in [1.807, 2.05) is 47.9 Å². The Kier molecular flexibility index (Phi) is 4.48. The first-order chi connectivity index (χ1) is 11.1. The molecule has 0 aliphatic carbocycles. The minimum Gasteiger partial charge on any atom is -0.484 e. The first-order valence-corrected chi connectivity index (χ1v) is 7.58. The van der Waals surface area contributed by atoms with E-state index in [1.165, 1.54) is 0 Å². The van der Waals surface area contributed by atoms with Gasteiger partial charge < -0.3 is 14.5 Å². The number of rotatable bonds is 5. The smallest absolute Gasteiger partial charge is 0.258 e. The molecule has 2 aromatic heterocycles. The zero-order valence-electron chi connectivity index (χ0n) is 12.6. The fourth-order valence-electron chi connectivity index (χ4n) is 2.20. The number of nitrogens with one attached hydrogen (secondary N) is 1. The lowest BCUT2D eigenvalue weighted by Gasteiger charge is -2.08. The first-order valence-electron chi connectivity index (χ1n) is 7.20. The molecular formula is C17H16ClN3O2. The molecule has 1 N–H and O–H groups in total. The number of halogens is 1. The number of para-hydroxylation sites is 1. The summed E-state index contributed by atoms with van der Waals surface area (Å²) < 4.78 is 7.33. The van der Waals surface area contributed by atoms with Crippen molar-refractivity contribution in [1.29, 1.82) is 0 Å². The van der Waals surface area contributed by atoms with E-state index in [2.05, 4.69) is 10.3 Å². The Morgan fingerprint density at radius 2 is 2.09 bits per heavy atom. The number of hydrogen-bond donors (Lipinski definition) is 1. The van der Waals surface area contributed by atoms with Crippen LogP contribution in [0.25, 0.3) is 5.65 Å². The second kappa shape index (κ2) is 6.71. The van der Waals surface area contributed by atoms with Crippen molar-refractivity contribution in [3.8, 4) is 5.75 Å². The van der Waals surface area contributed by atoms with Crippen LogP contribution in [0.1, 0.15) is 11.3 Å². The molecule has 0 unspecified atom stereocenters. The molecule has 0 spiro atoms. The lowest BCUT2D eigenvalue weighted by Crippen LogP contribution is -2.28. The van der Waals surface area contributed by atoms with Crippen LogP contribution in [-0.2, 0) is 11.3 Å². The molecule has 118 valence electrons. The van der Waals surface area contributed by atoms with E-state index in [0.717, 1.165) is 16.9 Å². The molecule has 5 nitrogen and oxygen atoms in total. The van der Waals surface area contributed by atoms with Gasteiger partial charge in [0.05, 0.1) is 17.3 Å². The van der Waals surface area contributed by atoms with Crippen LogP contribution in [-0.4, -0.2) is 21.9 Å². The van der Waals surface area contributed by atoms with E-state index in [-0.39, 0.29) is 12.5 Å². The summed E-state index contributed by atoms with van der Waals surface area (Å²) in [5.74, 6) is 0.522. The number of carbonyl (C=O) groups excluding carboxylic acids is 1. The summed E-state index contributed by atoms with van der Waals surface area (Å²) in [4.78, 5) is 16.3. The molecule has 0 aliphatic heterocycles. The van der Waals surface area contributed by atoms with E-state index in [9.17, 15) is 4.79 Å². The lowest BCUT2D eigenvalue weighted by molar-refractivity contribution is -0.123. The van der Waals surface area contributed by atoms with Crippen molar-refractivity contribution in [2.75, 3.05) is 6.61 Å². The summed E-state index contributed by atoms with van der Waals surface area (Å²) in [6.07, 6.45) is 3.61. The van der Waals surface area contributed by atoms with Crippen LogP contribution in [0.5, 0.6) is 5.75 Å². The SMILES string of the molecule is Cc1ccccc1OCC(=O)NCc1cn2cc(Cl)ccc2n1. The maximum absolute atomic E-state index is 11.9. The molecule has 0 fully saturated rings. The maximum atomic E-state index is 11.9. The lowest BCUT2D eigenvalue weighted by atomic mass is 10.2. The number of ether oxygens (including phenoxy) is 1. The third-order valence-electron chi connectivity index (χ3n) is 3.38. The Hall–Kier alpha value is -2.53. The van der Waals surface area contributed by atoms with Crippen LogP contribution in [0.4, 0.5) is 0 Å². The van der Waals surface area contributed by atoms with Gasteiger partial charge in [-0.05, 0) is 30.7 Å². The molecule has 6 heteroatoms. The molecular weight excluding hydrogens is 314 g/mol. The third-order valence-corrected chi connectivity index (χ3v) is 3.61. The number of aromatic nitrogens is 2. The average molecular weight is 330 g/mol. The Morgan fingerprint density at radius 3 is 2.91 bits per heavy atom. The molecule has 23 heavy (non-hydrogen) atoms. The highest BCUT2D eigenvalue weighted by Crippen LogP contribution is 2.15. The van der Waals surface area contributed by atoms with Crippen LogP contribution >= 0.6 is 11.6 Å². The Bertz CT molecular complexity index is 845. The van der Waals surface area contributed by atoms with E-state index in [4.69, 9.17) is 16.3 Å². The van der Waals surface area contributed by atoms with Gasteiger partial charge in [0.15, 0.2) is 6.61 Å². The fraction of sp³-hybridized carbons (Fsp3) is 0.176. The number of pyridine rings is 1. The minimum atomic E-state index is -0.191. The number of benzene rings is 1. The van der Waals surface area contributed by atoms with Crippen molar-refractivity contribution in [3.63, 3.8) is 0 Å². The van der Waals surface area contributed by atoms with E-state index >= 15 is 0 Å². The highest BCUT2D eigenvalue weighted by Gasteiger charge is 2.07. The van der Waals surface area contributed by atoms with Gasteiger partial charge in [0.1, 0.15) is 11.4 Å². The van der Waals surface area contributed by atoms with Gasteiger partial charge in [-0.15, -0.1) is 0 Å². The van der Waals surface area contributed by atoms with Crippen molar-refractivity contribution >= 4 is 23.2 Å². The highest BCUT2D eigenvalue weighted by molar-refractivity contribution is 6.30. The molecule has 0 bridgehead atoms. The zero-order valence-corrected chi connectivity index (χ0v) is 13.4. The summed E-state index contributed by atoms with van der Waals surface area (Å²) in [5.41, 5.74) is 2.55. The van der Waals surface area contributed by atoms with E-state index < -0.39 is 0 Å². The van der Waals surface area contributed by atoms with Crippen LogP contribution in [0.2, 0.25) is 5.02 Å². The van der Waals surface area contributed by atoms with Gasteiger partial charge in [0, 0.05) is 12.4 Å². The van der Waals surface area contributed by atoms with Crippen LogP contribution < -0.4 is 10.1 Å². The highest BCUT2D eigenvalue weighted by atomic mass is 35.5. The summed E-state index contributed by atoms with van der Waals surface area (Å²) >= 11 is 5.93. The monoisotopic (exact) mass is 329 g/mol. The van der Waals surface area contributed by atoms with Crippen molar-refractivity contribution in [1.82, 2.24) is 14.7 Å². The van der Waals surface area contributed by atoms with Crippen LogP contribution in [0.15, 0.2) is 48.8 Å². The van der Waals surface area contributed by atoms with Crippen molar-refractivity contribution in [3.05, 3.63) is 65.1 Å². The predicted molar refractivity (Wildman–Crippen MR) is 88.7 cm³/mol. The Labute approximate surface area is 138 Å². The fourth-order valence-corrected chi connectivity index (χ4v) is 2.37. The molecule has 2 heterocycles. The van der Waals surface area contributed by atoms with E-state index in [1.54, 1.807) is 12.3 Å². The van der Waals surface area contributed by atoms with Crippen molar-refractivity contribution < 1.29 is 9.53 Å². The summed E-state index contributed by atoms with van der Waals surface area (Å²) in [7, 11) is 0. The summed E-state index contributed by atoms with van der Waals surface area (Å²) in [5, 5.41) is 3.43. The van der Waals surface area contributed by atoms with Gasteiger partial charge in [-0.1, -0.05) is 29.8 Å². The van der Waals surface area contributed by atoms with Crippen LogP contribution in [0, 0.1) is 6.92 Å². The molecule has 0 saturated carbocycles. The normalized spacial score (nSPS) is 10.7. The Balaban J connectivity index is 1.54. The number of hydrogen-bond acceptors (Lipinski definition) is 3. The molecule has 0 radical (unpaired) electrons. The largest absolute Gasteiger partial charge is 0.484 e. The number of imidazole rings is 1.